The molecule has 8 nitrogen and oxygen atoms in total. The summed E-state index contributed by atoms with van der Waals surface area (Å²) in [5.41, 5.74) is 6.63. The smallest absolute Gasteiger partial charge is 0.195 e. The first-order chi connectivity index (χ1) is 13.7. The Morgan fingerprint density at radius 1 is 1.07 bits per heavy atom. The summed E-state index contributed by atoms with van der Waals surface area (Å²) in [6, 6.07) is 9.60. The summed E-state index contributed by atoms with van der Waals surface area (Å²) in [4.78, 5) is 14.4. The lowest BCUT2D eigenvalue weighted by atomic mass is 10.3. The van der Waals surface area contributed by atoms with E-state index in [1.807, 2.05) is 47.3 Å². The Morgan fingerprint density at radius 3 is 2.64 bits per heavy atom. The van der Waals surface area contributed by atoms with Gasteiger partial charge in [0.15, 0.2) is 22.5 Å². The van der Waals surface area contributed by atoms with Crippen LogP contribution in [-0.2, 0) is 13.1 Å². The van der Waals surface area contributed by atoms with E-state index in [0.717, 1.165) is 22.9 Å². The van der Waals surface area contributed by atoms with Crippen LogP contribution >= 0.6 is 11.8 Å². The Labute approximate surface area is 166 Å². The van der Waals surface area contributed by atoms with E-state index in [1.54, 1.807) is 20.5 Å². The van der Waals surface area contributed by atoms with Gasteiger partial charge in [-0.3, -0.25) is 0 Å². The van der Waals surface area contributed by atoms with Gasteiger partial charge in [-0.2, -0.15) is 0 Å². The molecule has 0 radical (unpaired) electrons. The fourth-order valence-corrected chi connectivity index (χ4v) is 3.74. The first-order valence-electron chi connectivity index (χ1n) is 8.67. The van der Waals surface area contributed by atoms with E-state index in [2.05, 4.69) is 19.5 Å². The quantitative estimate of drug-likeness (QED) is 0.513. The Kier molecular flexibility index (Phi) is 5.07. The van der Waals surface area contributed by atoms with E-state index in [0.29, 0.717) is 29.0 Å². The molecule has 28 heavy (non-hydrogen) atoms. The summed E-state index contributed by atoms with van der Waals surface area (Å²) in [6.07, 6.45) is 5.75. The topological polar surface area (TPSA) is 93.0 Å². The Hall–Kier alpha value is -3.20. The number of rotatable bonds is 7. The molecule has 2 aromatic rings. The van der Waals surface area contributed by atoms with Crippen molar-refractivity contribution in [1.29, 1.82) is 0 Å². The van der Waals surface area contributed by atoms with E-state index in [1.165, 1.54) is 11.8 Å². The fraction of sp³-hybridized carbons (Fsp3) is 0.211. The predicted molar refractivity (Wildman–Crippen MR) is 107 cm³/mol. The van der Waals surface area contributed by atoms with Crippen LogP contribution in [0.1, 0.15) is 0 Å². The van der Waals surface area contributed by atoms with Gasteiger partial charge >= 0.3 is 0 Å². The number of benzene rings is 1. The van der Waals surface area contributed by atoms with Crippen molar-refractivity contribution in [2.24, 2.45) is 0 Å². The molecule has 0 amide bonds. The van der Waals surface area contributed by atoms with Gasteiger partial charge in [0.25, 0.3) is 0 Å². The maximum absolute atomic E-state index is 6.04. The average Bonchev–Trinajstić information content (AvgIpc) is 3.38. The lowest BCUT2D eigenvalue weighted by Crippen LogP contribution is -2.11. The van der Waals surface area contributed by atoms with Crippen molar-refractivity contribution in [2.45, 2.75) is 23.1 Å². The first kappa shape index (κ1) is 18.2. The van der Waals surface area contributed by atoms with Crippen molar-refractivity contribution in [3.05, 3.63) is 49.1 Å². The molecule has 0 saturated carbocycles. The number of hydrogen-bond donors (Lipinski definition) is 1. The number of nitrogens with two attached hydrogens (primary N) is 1. The normalized spacial score (nSPS) is 11.1. The number of ether oxygens (including phenoxy) is 2. The van der Waals surface area contributed by atoms with Gasteiger partial charge in [-0.15, -0.1) is 0 Å². The van der Waals surface area contributed by atoms with Crippen molar-refractivity contribution in [1.82, 2.24) is 24.1 Å². The number of anilines is 1. The van der Waals surface area contributed by atoms with Crippen LogP contribution in [-0.4, -0.2) is 38.3 Å². The number of fused-ring (bicyclic) bond motifs is 1. The molecule has 0 saturated heterocycles. The molecule has 3 heterocycles. The number of hydrogen-bond acceptors (Lipinski definition) is 7. The molecule has 2 aliphatic rings. The summed E-state index contributed by atoms with van der Waals surface area (Å²) in [6.45, 7) is 1.52. The van der Waals surface area contributed by atoms with Crippen LogP contribution in [0, 0.1) is 0 Å². The lowest BCUT2D eigenvalue weighted by molar-refractivity contribution is 0.394. The molecule has 0 aliphatic carbocycles. The first-order valence-corrected chi connectivity index (χ1v) is 9.48. The highest BCUT2D eigenvalue weighted by Crippen LogP contribution is 2.38. The fourth-order valence-electron chi connectivity index (χ4n) is 2.85. The number of aromatic nitrogens is 5. The molecule has 0 bridgehead atoms. The molecule has 2 N–H and O–H groups in total. The molecular formula is C19H20N6O2S. The number of imidazole rings is 1. The maximum atomic E-state index is 6.04. The Balaban J connectivity index is 1.64. The van der Waals surface area contributed by atoms with Gasteiger partial charge in [-0.05, 0) is 42.1 Å². The van der Waals surface area contributed by atoms with Crippen LogP contribution in [0.5, 0.6) is 11.5 Å². The van der Waals surface area contributed by atoms with Crippen molar-refractivity contribution < 1.29 is 9.47 Å². The summed E-state index contributed by atoms with van der Waals surface area (Å²) < 4.78 is 14.8. The Bertz CT molecular complexity index is 1050. The van der Waals surface area contributed by atoms with Crippen molar-refractivity contribution in [2.75, 3.05) is 20.0 Å². The summed E-state index contributed by atoms with van der Waals surface area (Å²) >= 11 is 1.40. The number of methoxy groups -OCH3 is 2. The largest absolute Gasteiger partial charge is 0.497 e. The second-order valence-electron chi connectivity index (χ2n) is 6.04. The van der Waals surface area contributed by atoms with E-state index in [-0.39, 0.29) is 0 Å². The minimum Gasteiger partial charge on any atom is -0.497 e. The van der Waals surface area contributed by atoms with Gasteiger partial charge in [-0.1, -0.05) is 0 Å². The molecule has 0 unspecified atom stereocenters. The minimum absolute atomic E-state index is 0.365. The molecule has 4 rings (SSSR count). The molecule has 9 heteroatoms. The molecular weight excluding hydrogens is 376 g/mol. The third kappa shape index (κ3) is 3.61. The van der Waals surface area contributed by atoms with E-state index in [9.17, 15) is 0 Å². The predicted octanol–water partition coefficient (Wildman–Crippen LogP) is 3.03. The standard InChI is InChI=1S/C19H20N6O2S/c1-26-13-5-6-14(27-2)15(11-13)28-19-22-16-17(20)21-12-25(18(16)23-19)10-9-24-7-3-4-8-24/h3-8,11-12H,9-10,20H2,1-2H3. The monoisotopic (exact) mass is 396 g/mol. The summed E-state index contributed by atoms with van der Waals surface area (Å²) in [5, 5.41) is 0.580. The third-order valence-electron chi connectivity index (χ3n) is 4.31. The minimum atomic E-state index is 0.365. The number of nitrogens with zero attached hydrogens (tertiary/aromatic N) is 5. The van der Waals surface area contributed by atoms with Gasteiger partial charge < -0.3 is 24.3 Å². The van der Waals surface area contributed by atoms with Crippen LogP contribution in [0.3, 0.4) is 0 Å². The average molecular weight is 396 g/mol. The lowest BCUT2D eigenvalue weighted by Gasteiger charge is -2.11. The molecule has 1 aromatic carbocycles. The highest BCUT2D eigenvalue weighted by atomic mass is 32.2. The molecule has 2 aliphatic heterocycles. The van der Waals surface area contributed by atoms with Gasteiger partial charge in [0.1, 0.15) is 11.5 Å². The maximum Gasteiger partial charge on any atom is 0.195 e. The highest BCUT2D eigenvalue weighted by molar-refractivity contribution is 7.99. The van der Waals surface area contributed by atoms with Gasteiger partial charge in [-0.25, -0.2) is 15.0 Å². The second kappa shape index (κ2) is 7.81. The van der Waals surface area contributed by atoms with E-state index < -0.39 is 0 Å². The van der Waals surface area contributed by atoms with Crippen LogP contribution in [0.15, 0.2) is 59.1 Å². The third-order valence-corrected chi connectivity index (χ3v) is 5.21. The van der Waals surface area contributed by atoms with Gasteiger partial charge in [0.2, 0.25) is 0 Å². The number of aryl methyl sites for hydroxylation is 2. The van der Waals surface area contributed by atoms with Crippen molar-refractivity contribution in [3.63, 3.8) is 0 Å². The zero-order chi connectivity index (χ0) is 19.5. The summed E-state index contributed by atoms with van der Waals surface area (Å²) in [5.74, 6) is 2.54. The SMILES string of the molecule is COc1ccc(OC)c(Sc2nc3c(N)ncn(CCn4cccc4)c-3n2)c1. The van der Waals surface area contributed by atoms with Crippen molar-refractivity contribution in [3.8, 4) is 23.0 Å². The van der Waals surface area contributed by atoms with Crippen LogP contribution in [0.25, 0.3) is 11.5 Å². The Morgan fingerprint density at radius 2 is 1.89 bits per heavy atom. The van der Waals surface area contributed by atoms with Crippen molar-refractivity contribution >= 4 is 17.6 Å². The van der Waals surface area contributed by atoms with Gasteiger partial charge in [0, 0.05) is 25.5 Å². The molecule has 0 spiro atoms. The molecule has 0 atom stereocenters. The van der Waals surface area contributed by atoms with E-state index >= 15 is 0 Å². The number of nitrogen functional groups attached to an aromatic ring is 1. The van der Waals surface area contributed by atoms with Crippen LogP contribution < -0.4 is 15.2 Å². The van der Waals surface area contributed by atoms with E-state index in [4.69, 9.17) is 15.2 Å². The zero-order valence-electron chi connectivity index (χ0n) is 15.6. The molecule has 1 aromatic heterocycles. The van der Waals surface area contributed by atoms with Gasteiger partial charge in [0.05, 0.1) is 25.4 Å². The highest BCUT2D eigenvalue weighted by Gasteiger charge is 2.20. The molecule has 144 valence electrons. The van der Waals surface area contributed by atoms with Crippen LogP contribution in [0.4, 0.5) is 5.82 Å². The zero-order valence-corrected chi connectivity index (χ0v) is 16.4. The second-order valence-corrected chi connectivity index (χ2v) is 7.05. The molecule has 0 fully saturated rings. The van der Waals surface area contributed by atoms with Crippen LogP contribution in [0.2, 0.25) is 0 Å². The summed E-state index contributed by atoms with van der Waals surface area (Å²) in [7, 11) is 3.26.